The molecule has 0 bridgehead atoms. The minimum Gasteiger partial charge on any atom is -0.480 e. The third-order valence-corrected chi connectivity index (χ3v) is 4.26. The zero-order valence-electron chi connectivity index (χ0n) is 16.0. The highest BCUT2D eigenvalue weighted by atomic mass is 16.4. The van der Waals surface area contributed by atoms with Crippen molar-refractivity contribution in [3.8, 4) is 0 Å². The maximum atomic E-state index is 12.5. The Balaban J connectivity index is 2.77. The van der Waals surface area contributed by atoms with Crippen molar-refractivity contribution in [1.29, 1.82) is 0 Å². The molecule has 0 heterocycles. The van der Waals surface area contributed by atoms with Gasteiger partial charge >= 0.3 is 5.97 Å². The summed E-state index contributed by atoms with van der Waals surface area (Å²) >= 11 is 0. The largest absolute Gasteiger partial charge is 0.480 e. The van der Waals surface area contributed by atoms with Crippen LogP contribution in [0.15, 0.2) is 30.3 Å². The average molecular weight is 394 g/mol. The van der Waals surface area contributed by atoms with Gasteiger partial charge < -0.3 is 32.3 Å². The van der Waals surface area contributed by atoms with Crippen molar-refractivity contribution in [3.05, 3.63) is 35.9 Å². The highest BCUT2D eigenvalue weighted by molar-refractivity contribution is 5.92. The monoisotopic (exact) mass is 394 g/mol. The third-order valence-electron chi connectivity index (χ3n) is 4.26. The van der Waals surface area contributed by atoms with E-state index in [1.165, 1.54) is 6.92 Å². The number of carbonyl (C=O) groups excluding carboxylic acids is 2. The summed E-state index contributed by atoms with van der Waals surface area (Å²) < 4.78 is 0. The molecule has 9 nitrogen and oxygen atoms in total. The second-order valence-electron chi connectivity index (χ2n) is 6.71. The molecule has 0 aliphatic heterocycles. The van der Waals surface area contributed by atoms with Crippen LogP contribution in [0.1, 0.15) is 31.7 Å². The van der Waals surface area contributed by atoms with Gasteiger partial charge in [0.2, 0.25) is 11.8 Å². The van der Waals surface area contributed by atoms with Crippen LogP contribution in [0.25, 0.3) is 0 Å². The van der Waals surface area contributed by atoms with Gasteiger partial charge in [-0.25, -0.2) is 4.79 Å². The standard InChI is InChI=1S/C19H30N4O5/c1-12(24)16(19(27)28)23-18(26)15(9-5-6-10-20)22-17(25)14(21)11-13-7-3-2-4-8-13/h2-4,7-8,12,14-16,24H,5-6,9-11,20-21H2,1H3,(H,22,25)(H,23,26)(H,27,28)/t12-,14+,15+,16+/m1/s1. The van der Waals surface area contributed by atoms with Crippen molar-refractivity contribution in [1.82, 2.24) is 10.6 Å². The number of benzene rings is 1. The molecule has 0 aliphatic rings. The highest BCUT2D eigenvalue weighted by Gasteiger charge is 2.30. The molecule has 9 heteroatoms. The Morgan fingerprint density at radius 2 is 1.71 bits per heavy atom. The molecule has 156 valence electrons. The number of rotatable bonds is 12. The van der Waals surface area contributed by atoms with Crippen LogP contribution in [-0.2, 0) is 20.8 Å². The van der Waals surface area contributed by atoms with Gasteiger partial charge in [-0.3, -0.25) is 9.59 Å². The first-order valence-corrected chi connectivity index (χ1v) is 9.27. The molecule has 2 amide bonds. The fourth-order valence-corrected chi connectivity index (χ4v) is 2.64. The van der Waals surface area contributed by atoms with E-state index in [-0.39, 0.29) is 6.42 Å². The summed E-state index contributed by atoms with van der Waals surface area (Å²) in [5, 5.41) is 23.5. The fraction of sp³-hybridized carbons (Fsp3) is 0.526. The van der Waals surface area contributed by atoms with Gasteiger partial charge in [-0.15, -0.1) is 0 Å². The molecular formula is C19H30N4O5. The van der Waals surface area contributed by atoms with Crippen LogP contribution >= 0.6 is 0 Å². The summed E-state index contributed by atoms with van der Waals surface area (Å²) in [6.07, 6.45) is 0.500. The zero-order chi connectivity index (χ0) is 21.1. The van der Waals surface area contributed by atoms with Crippen molar-refractivity contribution in [2.24, 2.45) is 11.5 Å². The molecule has 0 radical (unpaired) electrons. The molecule has 0 aromatic heterocycles. The van der Waals surface area contributed by atoms with E-state index in [1.54, 1.807) is 0 Å². The number of carboxylic acid groups (broad SMARTS) is 1. The number of unbranched alkanes of at least 4 members (excludes halogenated alkanes) is 1. The Kier molecular flexibility index (Phi) is 10.1. The summed E-state index contributed by atoms with van der Waals surface area (Å²) in [6, 6.07) is 5.92. The number of nitrogens with two attached hydrogens (primary N) is 2. The van der Waals surface area contributed by atoms with Crippen molar-refractivity contribution >= 4 is 17.8 Å². The average Bonchev–Trinajstić information content (AvgIpc) is 2.65. The predicted molar refractivity (Wildman–Crippen MR) is 104 cm³/mol. The second kappa shape index (κ2) is 12.1. The van der Waals surface area contributed by atoms with E-state index in [4.69, 9.17) is 16.6 Å². The van der Waals surface area contributed by atoms with Gasteiger partial charge in [0, 0.05) is 0 Å². The van der Waals surface area contributed by atoms with Gasteiger partial charge in [-0.2, -0.15) is 0 Å². The van der Waals surface area contributed by atoms with Crippen LogP contribution in [0.4, 0.5) is 0 Å². The minimum atomic E-state index is -1.47. The molecule has 0 saturated carbocycles. The molecule has 1 aromatic rings. The summed E-state index contributed by atoms with van der Waals surface area (Å²) in [5.74, 6) is -2.57. The number of hydrogen-bond acceptors (Lipinski definition) is 6. The van der Waals surface area contributed by atoms with Crippen molar-refractivity contribution in [2.45, 2.75) is 56.8 Å². The maximum Gasteiger partial charge on any atom is 0.328 e. The molecule has 0 unspecified atom stereocenters. The van der Waals surface area contributed by atoms with Crippen molar-refractivity contribution < 1.29 is 24.6 Å². The summed E-state index contributed by atoms with van der Waals surface area (Å²) in [5.41, 5.74) is 12.3. The third kappa shape index (κ3) is 8.03. The molecule has 0 fully saturated rings. The molecule has 8 N–H and O–H groups in total. The second-order valence-corrected chi connectivity index (χ2v) is 6.71. The molecule has 1 aromatic carbocycles. The van der Waals surface area contributed by atoms with Gasteiger partial charge in [0.25, 0.3) is 0 Å². The van der Waals surface area contributed by atoms with E-state index in [1.807, 2.05) is 30.3 Å². The summed E-state index contributed by atoms with van der Waals surface area (Å²) in [4.78, 5) is 36.1. The summed E-state index contributed by atoms with van der Waals surface area (Å²) in [6.45, 7) is 1.69. The normalized spacial score (nSPS) is 15.1. The van der Waals surface area contributed by atoms with Crippen molar-refractivity contribution in [2.75, 3.05) is 6.54 Å². The van der Waals surface area contributed by atoms with Crippen LogP contribution in [0.3, 0.4) is 0 Å². The van der Waals surface area contributed by atoms with Crippen LogP contribution in [-0.4, -0.2) is 58.8 Å². The lowest BCUT2D eigenvalue weighted by atomic mass is 10.0. The minimum absolute atomic E-state index is 0.277. The molecule has 1 rings (SSSR count). The lowest BCUT2D eigenvalue weighted by Gasteiger charge is -2.24. The lowest BCUT2D eigenvalue weighted by Crippen LogP contribution is -2.56. The Labute approximate surface area is 164 Å². The van der Waals surface area contributed by atoms with Crippen molar-refractivity contribution in [3.63, 3.8) is 0 Å². The topological polar surface area (TPSA) is 168 Å². The SMILES string of the molecule is C[C@@H](O)[C@H](NC(=O)[C@H](CCCCN)NC(=O)[C@@H](N)Cc1ccccc1)C(=O)O. The number of carbonyl (C=O) groups is 3. The van der Waals surface area contributed by atoms with E-state index >= 15 is 0 Å². The van der Waals surface area contributed by atoms with Crippen LogP contribution in [0.2, 0.25) is 0 Å². The molecule has 0 aliphatic carbocycles. The fourth-order valence-electron chi connectivity index (χ4n) is 2.64. The smallest absolute Gasteiger partial charge is 0.328 e. The van der Waals surface area contributed by atoms with Gasteiger partial charge in [-0.05, 0) is 44.7 Å². The Morgan fingerprint density at radius 1 is 1.07 bits per heavy atom. The summed E-state index contributed by atoms with van der Waals surface area (Å²) in [7, 11) is 0. The molecular weight excluding hydrogens is 364 g/mol. The first-order chi connectivity index (χ1) is 13.3. The van der Waals surface area contributed by atoms with E-state index < -0.39 is 42.0 Å². The lowest BCUT2D eigenvalue weighted by molar-refractivity contribution is -0.145. The van der Waals surface area contributed by atoms with Gasteiger partial charge in [0.05, 0.1) is 12.1 Å². The number of hydrogen-bond donors (Lipinski definition) is 6. The molecule has 0 saturated heterocycles. The quantitative estimate of drug-likeness (QED) is 0.250. The number of amides is 2. The first kappa shape index (κ1) is 23.5. The van der Waals surface area contributed by atoms with Crippen LogP contribution in [0, 0.1) is 0 Å². The van der Waals surface area contributed by atoms with E-state index in [0.29, 0.717) is 25.8 Å². The van der Waals surface area contributed by atoms with Gasteiger partial charge in [0.1, 0.15) is 6.04 Å². The van der Waals surface area contributed by atoms with Crippen LogP contribution < -0.4 is 22.1 Å². The number of aliphatic hydroxyl groups excluding tert-OH is 1. The first-order valence-electron chi connectivity index (χ1n) is 9.27. The molecule has 28 heavy (non-hydrogen) atoms. The Morgan fingerprint density at radius 3 is 2.25 bits per heavy atom. The zero-order valence-corrected chi connectivity index (χ0v) is 16.0. The Bertz CT molecular complexity index is 638. The number of aliphatic hydroxyl groups is 1. The number of aliphatic carboxylic acids is 1. The van der Waals surface area contributed by atoms with Crippen LogP contribution in [0.5, 0.6) is 0 Å². The van der Waals surface area contributed by atoms with Gasteiger partial charge in [0.15, 0.2) is 6.04 Å². The predicted octanol–water partition coefficient (Wildman–Crippen LogP) is -0.880. The van der Waals surface area contributed by atoms with E-state index in [0.717, 1.165) is 5.56 Å². The number of nitrogens with one attached hydrogen (secondary N) is 2. The van der Waals surface area contributed by atoms with E-state index in [9.17, 15) is 19.5 Å². The molecule has 4 atom stereocenters. The highest BCUT2D eigenvalue weighted by Crippen LogP contribution is 2.06. The van der Waals surface area contributed by atoms with E-state index in [2.05, 4.69) is 10.6 Å². The maximum absolute atomic E-state index is 12.5. The molecule has 0 spiro atoms. The number of carboxylic acids is 1. The van der Waals surface area contributed by atoms with Gasteiger partial charge in [-0.1, -0.05) is 30.3 Å². The Hall–Kier alpha value is -2.49.